The maximum absolute atomic E-state index is 12.9. The average molecular weight is 612 g/mol. The minimum atomic E-state index is -0.886. The summed E-state index contributed by atoms with van der Waals surface area (Å²) in [7, 11) is 0. The molecular weight excluding hydrogens is 570 g/mol. The molecule has 0 aliphatic heterocycles. The fourth-order valence-corrected chi connectivity index (χ4v) is 3.98. The number of nitrogens with two attached hydrogens (primary N) is 2. The number of aromatic nitrogens is 2. The summed E-state index contributed by atoms with van der Waals surface area (Å²) in [6.45, 7) is 5.00. The van der Waals surface area contributed by atoms with Crippen LogP contribution < -0.4 is 38.1 Å². The van der Waals surface area contributed by atoms with Gasteiger partial charge >= 0.3 is 0 Å². The van der Waals surface area contributed by atoms with Gasteiger partial charge in [-0.2, -0.15) is 0 Å². The summed E-state index contributed by atoms with van der Waals surface area (Å²) in [6.07, 6.45) is 4.76. The Kier molecular flexibility index (Phi) is 14.4. The third-order valence-corrected chi connectivity index (χ3v) is 6.18. The lowest BCUT2D eigenvalue weighted by Crippen LogP contribution is -2.48. The Morgan fingerprint density at radius 3 is 2.05 bits per heavy atom. The van der Waals surface area contributed by atoms with Crippen LogP contribution in [0.2, 0.25) is 0 Å². The van der Waals surface area contributed by atoms with Crippen LogP contribution in [-0.4, -0.2) is 77.1 Å². The van der Waals surface area contributed by atoms with E-state index in [1.165, 1.54) is 25.4 Å². The third-order valence-electron chi connectivity index (χ3n) is 6.18. The first-order valence-corrected chi connectivity index (χ1v) is 14.2. The van der Waals surface area contributed by atoms with Crippen molar-refractivity contribution in [1.29, 1.82) is 0 Å². The zero-order valence-electron chi connectivity index (χ0n) is 25.1. The van der Waals surface area contributed by atoms with E-state index in [2.05, 4.69) is 36.6 Å². The summed E-state index contributed by atoms with van der Waals surface area (Å²) in [4.78, 5) is 81.1. The van der Waals surface area contributed by atoms with Crippen molar-refractivity contribution in [3.8, 4) is 11.4 Å². The van der Waals surface area contributed by atoms with Crippen LogP contribution in [0.15, 0.2) is 36.7 Å². The van der Waals surface area contributed by atoms with Crippen molar-refractivity contribution in [1.82, 2.24) is 31.2 Å². The molecular formula is C29H41N9O6. The van der Waals surface area contributed by atoms with E-state index in [4.69, 9.17) is 11.5 Å². The molecule has 15 nitrogen and oxygen atoms in total. The van der Waals surface area contributed by atoms with Crippen molar-refractivity contribution in [2.75, 3.05) is 25.0 Å². The predicted molar refractivity (Wildman–Crippen MR) is 163 cm³/mol. The minimum absolute atomic E-state index is 0.115. The summed E-state index contributed by atoms with van der Waals surface area (Å²) in [5.74, 6) is -2.90. The number of amides is 6. The molecule has 0 radical (unpaired) electrons. The van der Waals surface area contributed by atoms with E-state index in [-0.39, 0.29) is 30.5 Å². The Balaban J connectivity index is 2.04. The highest BCUT2D eigenvalue weighted by atomic mass is 16.2. The summed E-state index contributed by atoms with van der Waals surface area (Å²) in [5.41, 5.74) is 12.2. The zero-order chi connectivity index (χ0) is 32.6. The molecule has 15 heteroatoms. The highest BCUT2D eigenvalue weighted by molar-refractivity contribution is 5.98. The molecule has 2 heterocycles. The Morgan fingerprint density at radius 1 is 0.818 bits per heavy atom. The molecule has 0 spiro atoms. The van der Waals surface area contributed by atoms with Gasteiger partial charge in [-0.05, 0) is 62.4 Å². The van der Waals surface area contributed by atoms with Gasteiger partial charge in [0.2, 0.25) is 29.5 Å². The molecule has 238 valence electrons. The van der Waals surface area contributed by atoms with Crippen molar-refractivity contribution in [2.45, 2.75) is 58.5 Å². The SMILES string of the molecule is CC(=O)NCC(=O)N[C@@H](CC(C)C)C(=O)Nc1ccc(-c2ccc(C(=O)N[C@@H](CCCCN)C(=O)NCC(N)=O)cn2)nc1. The van der Waals surface area contributed by atoms with Crippen molar-refractivity contribution in [3.05, 3.63) is 42.2 Å². The zero-order valence-corrected chi connectivity index (χ0v) is 25.1. The van der Waals surface area contributed by atoms with Crippen molar-refractivity contribution in [2.24, 2.45) is 17.4 Å². The van der Waals surface area contributed by atoms with Crippen LogP contribution in [0, 0.1) is 5.92 Å². The molecule has 0 saturated carbocycles. The molecule has 44 heavy (non-hydrogen) atoms. The maximum Gasteiger partial charge on any atom is 0.253 e. The number of carbonyl (C=O) groups excluding carboxylic acids is 6. The predicted octanol–water partition coefficient (Wildman–Crippen LogP) is -0.422. The molecule has 0 aliphatic rings. The first-order valence-electron chi connectivity index (χ1n) is 14.2. The molecule has 2 rings (SSSR count). The number of nitrogens with zero attached hydrogens (tertiary/aromatic N) is 2. The second kappa shape index (κ2) is 17.9. The van der Waals surface area contributed by atoms with E-state index >= 15 is 0 Å². The van der Waals surface area contributed by atoms with Gasteiger partial charge in [-0.1, -0.05) is 13.8 Å². The molecule has 6 amide bonds. The number of primary amides is 1. The number of carbonyl (C=O) groups is 6. The first-order chi connectivity index (χ1) is 20.9. The summed E-state index contributed by atoms with van der Waals surface area (Å²) in [6, 6.07) is 4.70. The van der Waals surface area contributed by atoms with Gasteiger partial charge in [0.1, 0.15) is 12.1 Å². The normalized spacial score (nSPS) is 12.0. The fraction of sp³-hybridized carbons (Fsp3) is 0.448. The Bertz CT molecular complexity index is 1300. The number of pyridine rings is 2. The molecule has 0 bridgehead atoms. The van der Waals surface area contributed by atoms with Crippen LogP contribution in [0.5, 0.6) is 0 Å². The van der Waals surface area contributed by atoms with Crippen molar-refractivity contribution >= 4 is 41.1 Å². The van der Waals surface area contributed by atoms with Gasteiger partial charge in [0.15, 0.2) is 0 Å². The Hall–Kier alpha value is -4.92. The molecule has 2 aromatic rings. The first kappa shape index (κ1) is 35.3. The van der Waals surface area contributed by atoms with E-state index in [9.17, 15) is 28.8 Å². The highest BCUT2D eigenvalue weighted by Gasteiger charge is 2.23. The van der Waals surface area contributed by atoms with E-state index in [1.54, 1.807) is 18.2 Å². The number of hydrogen-bond donors (Lipinski definition) is 7. The minimum Gasteiger partial charge on any atom is -0.368 e. The van der Waals surface area contributed by atoms with E-state index in [0.29, 0.717) is 49.3 Å². The van der Waals surface area contributed by atoms with Gasteiger partial charge in [-0.3, -0.25) is 38.7 Å². The van der Waals surface area contributed by atoms with Crippen LogP contribution in [0.25, 0.3) is 11.4 Å². The van der Waals surface area contributed by atoms with Crippen LogP contribution in [0.1, 0.15) is 56.8 Å². The molecule has 0 aliphatic carbocycles. The Morgan fingerprint density at radius 2 is 1.50 bits per heavy atom. The second-order valence-corrected chi connectivity index (χ2v) is 10.5. The number of unbranched alkanes of at least 4 members (excludes halogenated alkanes) is 1. The van der Waals surface area contributed by atoms with Gasteiger partial charge in [-0.25, -0.2) is 0 Å². The molecule has 0 unspecified atom stereocenters. The number of nitrogens with one attached hydrogen (secondary N) is 5. The highest BCUT2D eigenvalue weighted by Crippen LogP contribution is 2.18. The van der Waals surface area contributed by atoms with E-state index in [0.717, 1.165) is 0 Å². The second-order valence-electron chi connectivity index (χ2n) is 10.5. The van der Waals surface area contributed by atoms with Gasteiger partial charge in [0, 0.05) is 13.1 Å². The largest absolute Gasteiger partial charge is 0.368 e. The molecule has 2 aromatic heterocycles. The lowest BCUT2D eigenvalue weighted by Gasteiger charge is -2.20. The van der Waals surface area contributed by atoms with Crippen LogP contribution in [-0.2, 0) is 24.0 Å². The quantitative estimate of drug-likeness (QED) is 0.115. The van der Waals surface area contributed by atoms with E-state index < -0.39 is 41.6 Å². The Labute approximate surface area is 255 Å². The topological polar surface area (TPSA) is 240 Å². The standard InChI is InChI=1S/C29H41N9O6/c1-17(2)12-24(37-26(41)16-32-18(3)39)29(44)36-20-8-10-22(34-14-20)21-9-7-19(13-33-21)27(42)38-23(6-4-5-11-30)28(43)35-15-25(31)40/h7-10,13-14,17,23-24H,4-6,11-12,15-16,30H2,1-3H3,(H2,31,40)(H,32,39)(H,35,43)(H,36,44)(H,37,41)(H,38,42)/t23-,24-/m0/s1. The summed E-state index contributed by atoms with van der Waals surface area (Å²) >= 11 is 0. The lowest BCUT2D eigenvalue weighted by atomic mass is 10.0. The van der Waals surface area contributed by atoms with Crippen LogP contribution in [0.4, 0.5) is 5.69 Å². The van der Waals surface area contributed by atoms with Crippen LogP contribution >= 0.6 is 0 Å². The number of rotatable bonds is 17. The average Bonchev–Trinajstić information content (AvgIpc) is 2.98. The smallest absolute Gasteiger partial charge is 0.253 e. The van der Waals surface area contributed by atoms with Crippen LogP contribution in [0.3, 0.4) is 0 Å². The van der Waals surface area contributed by atoms with Gasteiger partial charge in [0.05, 0.1) is 41.9 Å². The van der Waals surface area contributed by atoms with Crippen molar-refractivity contribution in [3.63, 3.8) is 0 Å². The van der Waals surface area contributed by atoms with Crippen molar-refractivity contribution < 1.29 is 28.8 Å². The van der Waals surface area contributed by atoms with Gasteiger partial charge in [0.25, 0.3) is 5.91 Å². The third kappa shape index (κ3) is 12.5. The van der Waals surface area contributed by atoms with Gasteiger partial charge < -0.3 is 38.1 Å². The number of hydrogen-bond acceptors (Lipinski definition) is 9. The summed E-state index contributed by atoms with van der Waals surface area (Å²) < 4.78 is 0. The lowest BCUT2D eigenvalue weighted by molar-refractivity contribution is -0.128. The number of anilines is 1. The van der Waals surface area contributed by atoms with Gasteiger partial charge in [-0.15, -0.1) is 0 Å². The fourth-order valence-electron chi connectivity index (χ4n) is 3.98. The molecule has 9 N–H and O–H groups in total. The van der Waals surface area contributed by atoms with E-state index in [1.807, 2.05) is 13.8 Å². The maximum atomic E-state index is 12.9. The molecule has 0 saturated heterocycles. The molecule has 0 aromatic carbocycles. The summed E-state index contributed by atoms with van der Waals surface area (Å²) in [5, 5.41) is 12.8. The molecule has 2 atom stereocenters. The monoisotopic (exact) mass is 611 g/mol. The molecule has 0 fully saturated rings.